The molecule has 2 fully saturated rings. The zero-order chi connectivity index (χ0) is 22.5. The molecule has 0 amide bonds. The second-order valence-corrected chi connectivity index (χ2v) is 12.1. The third-order valence-electron chi connectivity index (χ3n) is 5.36. The molecular formula is C19H30N4O5S3. The molecular weight excluding hydrogens is 460 g/mol. The zero-order valence-electron chi connectivity index (χ0n) is 17.6. The lowest BCUT2D eigenvalue weighted by Crippen LogP contribution is -2.47. The van der Waals surface area contributed by atoms with Gasteiger partial charge < -0.3 is 15.4 Å². The number of rotatable bonds is 7. The fourth-order valence-corrected chi connectivity index (χ4v) is 6.90. The van der Waals surface area contributed by atoms with Crippen LogP contribution >= 0.6 is 12.2 Å². The molecule has 0 atom stereocenters. The molecule has 0 radical (unpaired) electrons. The van der Waals surface area contributed by atoms with Crippen LogP contribution in [0.15, 0.2) is 29.2 Å². The van der Waals surface area contributed by atoms with Gasteiger partial charge in [0, 0.05) is 37.9 Å². The summed E-state index contributed by atoms with van der Waals surface area (Å²) >= 11 is 5.38. The predicted octanol–water partition coefficient (Wildman–Crippen LogP) is 1.20. The Bertz CT molecular complexity index is 953. The van der Waals surface area contributed by atoms with Gasteiger partial charge in [-0.1, -0.05) is 6.92 Å². The molecule has 2 N–H and O–H groups in total. The minimum atomic E-state index is -3.53. The summed E-state index contributed by atoms with van der Waals surface area (Å²) in [5.74, 6) is 0.183. The summed E-state index contributed by atoms with van der Waals surface area (Å²) in [7, 11) is -6.69. The van der Waals surface area contributed by atoms with Crippen LogP contribution < -0.4 is 10.6 Å². The van der Waals surface area contributed by atoms with E-state index in [0.717, 1.165) is 0 Å². The van der Waals surface area contributed by atoms with Crippen LogP contribution in [0.4, 0.5) is 5.69 Å². The third kappa shape index (κ3) is 6.36. The summed E-state index contributed by atoms with van der Waals surface area (Å²) in [4.78, 5) is 0.236. The third-order valence-corrected chi connectivity index (χ3v) is 9.57. The minimum absolute atomic E-state index is 0.0917. The van der Waals surface area contributed by atoms with Crippen molar-refractivity contribution in [2.75, 3.05) is 50.5 Å². The first-order valence-electron chi connectivity index (χ1n) is 10.5. The minimum Gasteiger partial charge on any atom is -0.379 e. The Kier molecular flexibility index (Phi) is 8.27. The standard InChI is InChI=1S/C19H30N4O5S3/c1-2-15-30(24,25)22-9-7-17(8-10-22)21-19(29)20-16-3-5-18(6-4-16)31(26,27)23-11-13-28-14-12-23/h3-6,17H,2,7-15H2,1H3,(H2,20,21,29). The van der Waals surface area contributed by atoms with Crippen molar-refractivity contribution in [3.05, 3.63) is 24.3 Å². The Balaban J connectivity index is 1.50. The average Bonchev–Trinajstić information content (AvgIpc) is 2.75. The maximum atomic E-state index is 12.7. The first kappa shape index (κ1) is 24.3. The lowest BCUT2D eigenvalue weighted by molar-refractivity contribution is 0.0730. The molecule has 0 spiro atoms. The molecule has 1 aromatic carbocycles. The summed E-state index contributed by atoms with van der Waals surface area (Å²) in [6.45, 7) is 4.35. The molecule has 0 aromatic heterocycles. The fourth-order valence-electron chi connectivity index (χ4n) is 3.66. The molecule has 12 heteroatoms. The van der Waals surface area contributed by atoms with E-state index in [1.165, 1.54) is 4.31 Å². The molecule has 2 saturated heterocycles. The van der Waals surface area contributed by atoms with Crippen LogP contribution in [0.2, 0.25) is 0 Å². The van der Waals surface area contributed by atoms with Crippen molar-refractivity contribution < 1.29 is 21.6 Å². The van der Waals surface area contributed by atoms with Crippen molar-refractivity contribution >= 4 is 43.1 Å². The van der Waals surface area contributed by atoms with Gasteiger partial charge in [0.15, 0.2) is 5.11 Å². The van der Waals surface area contributed by atoms with Gasteiger partial charge in [-0.3, -0.25) is 0 Å². The lowest BCUT2D eigenvalue weighted by atomic mass is 10.1. The van der Waals surface area contributed by atoms with E-state index in [4.69, 9.17) is 17.0 Å². The van der Waals surface area contributed by atoms with Crippen LogP contribution in [0.5, 0.6) is 0 Å². The van der Waals surface area contributed by atoms with Crippen LogP contribution in [0, 0.1) is 0 Å². The molecule has 174 valence electrons. The molecule has 9 nitrogen and oxygen atoms in total. The Morgan fingerprint density at radius 2 is 1.65 bits per heavy atom. The molecule has 0 saturated carbocycles. The second-order valence-electron chi connectivity index (χ2n) is 7.63. The van der Waals surface area contributed by atoms with E-state index in [0.29, 0.717) is 69.5 Å². The highest BCUT2D eigenvalue weighted by atomic mass is 32.2. The largest absolute Gasteiger partial charge is 0.379 e. The van der Waals surface area contributed by atoms with Gasteiger partial charge in [-0.2, -0.15) is 4.31 Å². The number of hydrogen-bond acceptors (Lipinski definition) is 6. The lowest BCUT2D eigenvalue weighted by Gasteiger charge is -2.32. The van der Waals surface area contributed by atoms with Crippen molar-refractivity contribution in [3.8, 4) is 0 Å². The van der Waals surface area contributed by atoms with Crippen LogP contribution in [-0.4, -0.2) is 81.7 Å². The van der Waals surface area contributed by atoms with Crippen molar-refractivity contribution in [1.82, 2.24) is 13.9 Å². The van der Waals surface area contributed by atoms with Gasteiger partial charge in [0.05, 0.1) is 23.9 Å². The number of morpholine rings is 1. The highest BCUT2D eigenvalue weighted by molar-refractivity contribution is 7.89. The molecule has 2 aliphatic heterocycles. The first-order valence-corrected chi connectivity index (χ1v) is 13.9. The number of hydrogen-bond donors (Lipinski definition) is 2. The van der Waals surface area contributed by atoms with Gasteiger partial charge in [-0.05, 0) is 55.7 Å². The van der Waals surface area contributed by atoms with Gasteiger partial charge in [0.1, 0.15) is 0 Å². The van der Waals surface area contributed by atoms with Crippen LogP contribution in [0.25, 0.3) is 0 Å². The SMILES string of the molecule is CCCS(=O)(=O)N1CCC(NC(=S)Nc2ccc(S(=O)(=O)N3CCOCC3)cc2)CC1. The molecule has 3 rings (SSSR count). The van der Waals surface area contributed by atoms with Gasteiger partial charge >= 0.3 is 0 Å². The summed E-state index contributed by atoms with van der Waals surface area (Å²) in [6.07, 6.45) is 1.98. The molecule has 0 unspecified atom stereocenters. The number of thiocarbonyl (C=S) groups is 1. The molecule has 0 aliphatic carbocycles. The van der Waals surface area contributed by atoms with E-state index in [-0.39, 0.29) is 16.7 Å². The van der Waals surface area contributed by atoms with Gasteiger partial charge in [0.25, 0.3) is 0 Å². The highest BCUT2D eigenvalue weighted by Crippen LogP contribution is 2.20. The number of anilines is 1. The number of benzene rings is 1. The van der Waals surface area contributed by atoms with Crippen LogP contribution in [0.1, 0.15) is 26.2 Å². The van der Waals surface area contributed by atoms with E-state index < -0.39 is 20.0 Å². The number of nitrogens with zero attached hydrogens (tertiary/aromatic N) is 2. The van der Waals surface area contributed by atoms with Crippen LogP contribution in [0.3, 0.4) is 0 Å². The Hall–Kier alpha value is -1.31. The van der Waals surface area contributed by atoms with Crippen molar-refractivity contribution in [3.63, 3.8) is 0 Å². The first-order chi connectivity index (χ1) is 14.7. The number of ether oxygens (including phenoxy) is 1. The fraction of sp³-hybridized carbons (Fsp3) is 0.632. The smallest absolute Gasteiger partial charge is 0.243 e. The molecule has 0 bridgehead atoms. The van der Waals surface area contributed by atoms with E-state index >= 15 is 0 Å². The Labute approximate surface area is 190 Å². The molecule has 1 aromatic rings. The number of piperidine rings is 1. The quantitative estimate of drug-likeness (QED) is 0.549. The van der Waals surface area contributed by atoms with E-state index in [9.17, 15) is 16.8 Å². The zero-order valence-corrected chi connectivity index (χ0v) is 20.1. The van der Waals surface area contributed by atoms with E-state index in [2.05, 4.69) is 10.6 Å². The second kappa shape index (κ2) is 10.5. The van der Waals surface area contributed by atoms with Gasteiger partial charge in [0.2, 0.25) is 20.0 Å². The summed E-state index contributed by atoms with van der Waals surface area (Å²) < 4.78 is 57.9. The van der Waals surface area contributed by atoms with E-state index in [1.807, 2.05) is 6.92 Å². The summed E-state index contributed by atoms with van der Waals surface area (Å²) in [5.41, 5.74) is 0.682. The Morgan fingerprint density at radius 1 is 1.03 bits per heavy atom. The monoisotopic (exact) mass is 490 g/mol. The van der Waals surface area contributed by atoms with Crippen molar-refractivity contribution in [1.29, 1.82) is 0 Å². The number of sulfonamides is 2. The highest BCUT2D eigenvalue weighted by Gasteiger charge is 2.28. The maximum absolute atomic E-state index is 12.7. The van der Waals surface area contributed by atoms with Gasteiger partial charge in [-0.15, -0.1) is 0 Å². The Morgan fingerprint density at radius 3 is 2.23 bits per heavy atom. The normalized spacial score (nSPS) is 19.8. The predicted molar refractivity (Wildman–Crippen MR) is 124 cm³/mol. The topological polar surface area (TPSA) is 108 Å². The molecule has 31 heavy (non-hydrogen) atoms. The maximum Gasteiger partial charge on any atom is 0.243 e. The van der Waals surface area contributed by atoms with Crippen LogP contribution in [-0.2, 0) is 24.8 Å². The molecule has 2 heterocycles. The molecule has 2 aliphatic rings. The summed E-state index contributed by atoms with van der Waals surface area (Å²) in [5, 5.41) is 6.72. The van der Waals surface area contributed by atoms with Crippen molar-refractivity contribution in [2.24, 2.45) is 0 Å². The van der Waals surface area contributed by atoms with Crippen molar-refractivity contribution in [2.45, 2.75) is 37.1 Å². The van der Waals surface area contributed by atoms with Gasteiger partial charge in [-0.25, -0.2) is 21.1 Å². The number of nitrogens with one attached hydrogen (secondary N) is 2. The van der Waals surface area contributed by atoms with E-state index in [1.54, 1.807) is 28.6 Å². The average molecular weight is 491 g/mol. The summed E-state index contributed by atoms with van der Waals surface area (Å²) in [6, 6.07) is 6.58.